The Balaban J connectivity index is 0.00000544. The molecule has 2 radical (unpaired) electrons. The van der Waals surface area contributed by atoms with E-state index in [4.69, 9.17) is 28.4 Å². The van der Waals surface area contributed by atoms with E-state index in [0.29, 0.717) is 52.9 Å². The quantitative estimate of drug-likeness (QED) is 0.155. The van der Waals surface area contributed by atoms with Gasteiger partial charge in [-0.05, 0) is 26.9 Å². The van der Waals surface area contributed by atoms with Crippen LogP contribution in [0.3, 0.4) is 0 Å². The number of hydrogen-bond donors (Lipinski definition) is 0. The summed E-state index contributed by atoms with van der Waals surface area (Å²) >= 11 is 0. The molecule has 10 heteroatoms. The molecule has 2 rings (SSSR count). The standard InChI is InChI=1S/C24H46N2O6.2V/c1-23(31-19-17-27-13-11-25-7-3-4-8-25)21-29-15-16-30-22-24(2)32-20-18-28-14-12-26-9-5-6-10-26;;/h3,5,23-24H,4,6-22H2,1-2H3;;/q-2;;. The van der Waals surface area contributed by atoms with Crippen LogP contribution in [0.4, 0.5) is 0 Å². The van der Waals surface area contributed by atoms with Gasteiger partial charge in [0.1, 0.15) is 0 Å². The molecule has 2 heterocycles. The van der Waals surface area contributed by atoms with Crippen molar-refractivity contribution >= 4 is 0 Å². The molecular weight excluding hydrogens is 514 g/mol. The molecule has 0 N–H and O–H groups in total. The summed E-state index contributed by atoms with van der Waals surface area (Å²) in [6.45, 7) is 16.8. The molecule has 8 nitrogen and oxygen atoms in total. The van der Waals surface area contributed by atoms with Gasteiger partial charge in [-0.1, -0.05) is 0 Å². The first-order valence-corrected chi connectivity index (χ1v) is 12.4. The Morgan fingerprint density at radius 2 is 1.00 bits per heavy atom. The third-order valence-corrected chi connectivity index (χ3v) is 5.51. The average molecular weight is 561 g/mol. The summed E-state index contributed by atoms with van der Waals surface area (Å²) in [5.74, 6) is 0. The predicted octanol–water partition coefficient (Wildman–Crippen LogP) is 1.68. The second-order valence-electron chi connectivity index (χ2n) is 8.49. The number of nitrogens with zero attached hydrogens (tertiary/aromatic N) is 2. The molecule has 2 atom stereocenters. The van der Waals surface area contributed by atoms with Crippen molar-refractivity contribution in [2.75, 3.05) is 105 Å². The van der Waals surface area contributed by atoms with E-state index in [1.54, 1.807) is 0 Å². The van der Waals surface area contributed by atoms with Crippen LogP contribution in [0.25, 0.3) is 0 Å². The number of ether oxygens (including phenoxy) is 6. The van der Waals surface area contributed by atoms with Gasteiger partial charge in [0.25, 0.3) is 0 Å². The van der Waals surface area contributed by atoms with E-state index in [1.807, 2.05) is 13.8 Å². The van der Waals surface area contributed by atoms with Gasteiger partial charge >= 0.3 is 0 Å². The van der Waals surface area contributed by atoms with E-state index in [9.17, 15) is 0 Å². The van der Waals surface area contributed by atoms with E-state index in [0.717, 1.165) is 52.5 Å². The summed E-state index contributed by atoms with van der Waals surface area (Å²) in [5.41, 5.74) is 0. The molecule has 0 bridgehead atoms. The maximum atomic E-state index is 5.71. The van der Waals surface area contributed by atoms with Crippen LogP contribution in [0.2, 0.25) is 0 Å². The average Bonchev–Trinajstić information content (AvgIpc) is 3.50. The third-order valence-electron chi connectivity index (χ3n) is 5.51. The molecule has 0 spiro atoms. The van der Waals surface area contributed by atoms with E-state index in [1.165, 1.54) is 12.8 Å². The van der Waals surface area contributed by atoms with Crippen LogP contribution >= 0.6 is 0 Å². The molecule has 2 unspecified atom stereocenters. The first-order valence-electron chi connectivity index (χ1n) is 12.4. The van der Waals surface area contributed by atoms with Crippen LogP contribution in [0.1, 0.15) is 26.7 Å². The van der Waals surface area contributed by atoms with E-state index in [2.05, 4.69) is 22.6 Å². The Morgan fingerprint density at radius 1 is 0.588 bits per heavy atom. The SMILES string of the molecule is CC(COCCOCC(C)OCCOCCN1C[CH-]CC1)OCCOCCN1C[CH-]CC1.[V].[V]. The number of rotatable bonds is 21. The Hall–Kier alpha value is 0.849. The molecule has 2 fully saturated rings. The van der Waals surface area contributed by atoms with Crippen LogP contribution in [-0.2, 0) is 65.5 Å². The van der Waals surface area contributed by atoms with Crippen molar-refractivity contribution in [3.8, 4) is 0 Å². The zero-order valence-electron chi connectivity index (χ0n) is 21.3. The fourth-order valence-electron chi connectivity index (χ4n) is 3.60. The minimum absolute atomic E-state index is 0. The Kier molecular flexibility index (Phi) is 24.8. The summed E-state index contributed by atoms with van der Waals surface area (Å²) in [6, 6.07) is 0. The van der Waals surface area contributed by atoms with Crippen LogP contribution < -0.4 is 0 Å². The maximum absolute atomic E-state index is 5.71. The van der Waals surface area contributed by atoms with Gasteiger partial charge < -0.3 is 51.1 Å². The molecule has 0 aromatic rings. The zero-order chi connectivity index (χ0) is 22.7. The van der Waals surface area contributed by atoms with Crippen molar-refractivity contribution in [1.29, 1.82) is 0 Å². The van der Waals surface area contributed by atoms with Crippen molar-refractivity contribution < 1.29 is 65.5 Å². The largest absolute Gasteiger partial charge is 0.378 e. The summed E-state index contributed by atoms with van der Waals surface area (Å²) in [5, 5.41) is 0. The molecule has 2 saturated heterocycles. The summed E-state index contributed by atoms with van der Waals surface area (Å²) in [4.78, 5) is 4.80. The van der Waals surface area contributed by atoms with Gasteiger partial charge in [-0.25, -0.2) is 0 Å². The molecule has 2 aliphatic heterocycles. The fraction of sp³-hybridized carbons (Fsp3) is 0.917. The minimum Gasteiger partial charge on any atom is -0.378 e. The molecule has 0 aromatic heterocycles. The fourth-order valence-corrected chi connectivity index (χ4v) is 3.60. The predicted molar refractivity (Wildman–Crippen MR) is 125 cm³/mol. The summed E-state index contributed by atoms with van der Waals surface area (Å²) in [6.07, 6.45) is 7.14. The monoisotopic (exact) mass is 560 g/mol. The van der Waals surface area contributed by atoms with E-state index in [-0.39, 0.29) is 49.3 Å². The molecule has 0 saturated carbocycles. The van der Waals surface area contributed by atoms with Gasteiger partial charge in [0.15, 0.2) is 0 Å². The summed E-state index contributed by atoms with van der Waals surface area (Å²) in [7, 11) is 0. The van der Waals surface area contributed by atoms with Crippen molar-refractivity contribution in [2.45, 2.75) is 38.9 Å². The molecule has 0 amide bonds. The molecular formula is C24H46N2O6V2-2. The summed E-state index contributed by atoms with van der Waals surface area (Å²) < 4.78 is 33.9. The maximum Gasteiger partial charge on any atom is 0.0781 e. The van der Waals surface area contributed by atoms with Crippen molar-refractivity contribution in [3.63, 3.8) is 0 Å². The van der Waals surface area contributed by atoms with Crippen LogP contribution in [-0.4, -0.2) is 127 Å². The van der Waals surface area contributed by atoms with E-state index >= 15 is 0 Å². The zero-order valence-corrected chi connectivity index (χ0v) is 24.1. The van der Waals surface area contributed by atoms with Crippen molar-refractivity contribution in [2.24, 2.45) is 0 Å². The minimum atomic E-state index is 0. The van der Waals surface area contributed by atoms with Gasteiger partial charge in [0, 0.05) is 50.2 Å². The molecule has 34 heavy (non-hydrogen) atoms. The second kappa shape index (κ2) is 24.2. The number of hydrogen-bond acceptors (Lipinski definition) is 8. The van der Waals surface area contributed by atoms with Crippen LogP contribution in [0, 0.1) is 12.8 Å². The molecule has 0 aromatic carbocycles. The van der Waals surface area contributed by atoms with Gasteiger partial charge in [-0.2, -0.15) is 12.8 Å². The van der Waals surface area contributed by atoms with Crippen molar-refractivity contribution in [3.05, 3.63) is 12.8 Å². The Bertz CT molecular complexity index is 392. The smallest absolute Gasteiger partial charge is 0.0781 e. The van der Waals surface area contributed by atoms with Crippen LogP contribution in [0.5, 0.6) is 0 Å². The number of likely N-dealkylation sites (tertiary alicyclic amines) is 2. The first-order chi connectivity index (χ1) is 15.7. The molecule has 200 valence electrons. The normalized spacial score (nSPS) is 18.5. The molecule has 2 aliphatic rings. The third kappa shape index (κ3) is 19.0. The van der Waals surface area contributed by atoms with Gasteiger partial charge in [-0.15, -0.1) is 13.1 Å². The van der Waals surface area contributed by atoms with Gasteiger partial charge in [-0.3, -0.25) is 0 Å². The van der Waals surface area contributed by atoms with Crippen molar-refractivity contribution in [1.82, 2.24) is 9.80 Å². The van der Waals surface area contributed by atoms with E-state index < -0.39 is 0 Å². The first kappa shape index (κ1) is 34.8. The Morgan fingerprint density at radius 3 is 1.38 bits per heavy atom. The molecule has 0 aliphatic carbocycles. The van der Waals surface area contributed by atoms with Gasteiger partial charge in [0.2, 0.25) is 0 Å². The van der Waals surface area contributed by atoms with Gasteiger partial charge in [0.05, 0.1) is 78.3 Å². The Labute approximate surface area is 231 Å². The van der Waals surface area contributed by atoms with Crippen LogP contribution in [0.15, 0.2) is 0 Å². The topological polar surface area (TPSA) is 61.9 Å². The second-order valence-corrected chi connectivity index (χ2v) is 8.49.